The van der Waals surface area contributed by atoms with Crippen LogP contribution in [-0.4, -0.2) is 23.0 Å². The van der Waals surface area contributed by atoms with Crippen molar-refractivity contribution >= 4 is 34.4 Å². The Morgan fingerprint density at radius 1 is 1.42 bits per heavy atom. The monoisotopic (exact) mass is 280 g/mol. The Balaban J connectivity index is 2.70. The van der Waals surface area contributed by atoms with E-state index in [4.69, 9.17) is 22.2 Å². The summed E-state index contributed by atoms with van der Waals surface area (Å²) in [7, 11) is 1.34. The van der Waals surface area contributed by atoms with E-state index in [1.807, 2.05) is 6.92 Å². The maximum atomic E-state index is 11.7. The number of nitrogens with one attached hydrogen (secondary N) is 1. The van der Waals surface area contributed by atoms with Crippen LogP contribution in [0.1, 0.15) is 22.8 Å². The molecule has 0 spiro atoms. The second-order valence-electron chi connectivity index (χ2n) is 3.85. The highest BCUT2D eigenvalue weighted by atomic mass is 35.5. The number of carbonyl (C=O) groups is 1. The van der Waals surface area contributed by atoms with Crippen molar-refractivity contribution in [1.82, 2.24) is 9.97 Å². The number of esters is 1. The zero-order valence-electron chi connectivity index (χ0n) is 10.5. The van der Waals surface area contributed by atoms with E-state index in [9.17, 15) is 4.79 Å². The number of halogens is 1. The van der Waals surface area contributed by atoms with Crippen molar-refractivity contribution in [2.75, 3.05) is 12.5 Å². The van der Waals surface area contributed by atoms with Gasteiger partial charge in [0, 0.05) is 0 Å². The van der Waals surface area contributed by atoms with Gasteiger partial charge >= 0.3 is 5.97 Å². The topological polar surface area (TPSA) is 90.1 Å². The molecule has 1 heterocycles. The summed E-state index contributed by atoms with van der Waals surface area (Å²) in [6.07, 6.45) is 0.677. The normalized spacial score (nSPS) is 10.5. The number of hydrogen-bond acceptors (Lipinski definition) is 6. The van der Waals surface area contributed by atoms with E-state index in [0.717, 1.165) is 5.56 Å². The number of methoxy groups -OCH3 is 1. The van der Waals surface area contributed by atoms with Crippen LogP contribution in [0.2, 0.25) is 5.15 Å². The Morgan fingerprint density at radius 2 is 2.11 bits per heavy atom. The summed E-state index contributed by atoms with van der Waals surface area (Å²) >= 11 is 5.91. The molecule has 0 unspecified atom stereocenters. The number of rotatable bonds is 3. The van der Waals surface area contributed by atoms with Crippen LogP contribution in [0.3, 0.4) is 0 Å². The number of nitrogen functional groups attached to an aromatic ring is 1. The molecule has 0 bridgehead atoms. The van der Waals surface area contributed by atoms with Crippen molar-refractivity contribution in [2.24, 2.45) is 5.84 Å². The lowest BCUT2D eigenvalue weighted by Crippen LogP contribution is -2.11. The Kier molecular flexibility index (Phi) is 3.82. The molecule has 7 heteroatoms. The molecule has 1 aromatic heterocycles. The number of hydrogen-bond donors (Lipinski definition) is 2. The van der Waals surface area contributed by atoms with Gasteiger partial charge in [0.1, 0.15) is 0 Å². The zero-order valence-corrected chi connectivity index (χ0v) is 11.3. The van der Waals surface area contributed by atoms with Gasteiger partial charge in [0.2, 0.25) is 0 Å². The lowest BCUT2D eigenvalue weighted by Gasteiger charge is -2.09. The lowest BCUT2D eigenvalue weighted by molar-refractivity contribution is 0.0599. The van der Waals surface area contributed by atoms with Crippen LogP contribution < -0.4 is 11.3 Å². The minimum atomic E-state index is -0.405. The molecule has 2 aromatic rings. The molecule has 0 aliphatic carbocycles. The van der Waals surface area contributed by atoms with Crippen molar-refractivity contribution in [3.05, 3.63) is 28.4 Å². The summed E-state index contributed by atoms with van der Waals surface area (Å²) in [4.78, 5) is 20.1. The van der Waals surface area contributed by atoms with Crippen LogP contribution in [0.25, 0.3) is 11.0 Å². The molecule has 0 atom stereocenters. The smallest absolute Gasteiger partial charge is 0.338 e. The third-order valence-electron chi connectivity index (χ3n) is 2.77. The Labute approximate surface area is 114 Å². The number of hydrazine groups is 1. The molecule has 100 valence electrons. The van der Waals surface area contributed by atoms with Gasteiger partial charge in [-0.2, -0.15) is 0 Å². The second-order valence-corrected chi connectivity index (χ2v) is 4.21. The quantitative estimate of drug-likeness (QED) is 0.507. The minimum absolute atomic E-state index is 0.148. The number of aromatic nitrogens is 2. The van der Waals surface area contributed by atoms with Gasteiger partial charge in [-0.25, -0.2) is 20.6 Å². The summed E-state index contributed by atoms with van der Waals surface area (Å²) in [6.45, 7) is 1.94. The van der Waals surface area contributed by atoms with Crippen molar-refractivity contribution in [2.45, 2.75) is 13.3 Å². The van der Waals surface area contributed by atoms with Gasteiger partial charge in [-0.05, 0) is 24.1 Å². The first-order chi connectivity index (χ1) is 9.10. The molecular weight excluding hydrogens is 268 g/mol. The summed E-state index contributed by atoms with van der Waals surface area (Å²) < 4.78 is 4.75. The number of aryl methyl sites for hydroxylation is 1. The predicted octanol–water partition coefficient (Wildman–Crippen LogP) is 1.92. The SMILES string of the molecule is CCc1cc2nc(NN)c(Cl)nc2cc1C(=O)OC. The molecular formula is C12H13ClN4O2. The van der Waals surface area contributed by atoms with Gasteiger partial charge < -0.3 is 10.2 Å². The molecule has 0 aliphatic rings. The maximum Gasteiger partial charge on any atom is 0.338 e. The fourth-order valence-corrected chi connectivity index (χ4v) is 2.00. The van der Waals surface area contributed by atoms with Crippen LogP contribution in [0.4, 0.5) is 5.82 Å². The Morgan fingerprint density at radius 3 is 2.68 bits per heavy atom. The number of nitrogens with two attached hydrogens (primary N) is 1. The van der Waals surface area contributed by atoms with E-state index in [0.29, 0.717) is 28.8 Å². The molecule has 19 heavy (non-hydrogen) atoms. The minimum Gasteiger partial charge on any atom is -0.465 e. The fourth-order valence-electron chi connectivity index (χ4n) is 1.81. The Hall–Kier alpha value is -1.92. The number of fused-ring (bicyclic) bond motifs is 1. The first kappa shape index (κ1) is 13.5. The zero-order chi connectivity index (χ0) is 14.0. The third-order valence-corrected chi connectivity index (χ3v) is 3.03. The first-order valence-corrected chi connectivity index (χ1v) is 6.03. The molecule has 0 saturated heterocycles. The fraction of sp³-hybridized carbons (Fsp3) is 0.250. The number of benzene rings is 1. The summed E-state index contributed by atoms with van der Waals surface area (Å²) in [5.74, 6) is 5.19. The largest absolute Gasteiger partial charge is 0.465 e. The number of nitrogens with zero attached hydrogens (tertiary/aromatic N) is 2. The standard InChI is InChI=1S/C12H13ClN4O2/c1-3-6-4-8-9(5-7(6)12(18)19-2)15-10(13)11(16-8)17-14/h4-5H,3,14H2,1-2H3,(H,16,17). The van der Waals surface area contributed by atoms with E-state index in [1.165, 1.54) is 7.11 Å². The second kappa shape index (κ2) is 5.38. The average Bonchev–Trinajstić information content (AvgIpc) is 2.44. The van der Waals surface area contributed by atoms with Crippen LogP contribution in [-0.2, 0) is 11.2 Å². The highest BCUT2D eigenvalue weighted by Gasteiger charge is 2.14. The molecule has 0 aliphatic heterocycles. The predicted molar refractivity (Wildman–Crippen MR) is 73.1 cm³/mol. The first-order valence-electron chi connectivity index (χ1n) is 5.65. The molecule has 0 saturated carbocycles. The van der Waals surface area contributed by atoms with E-state index in [-0.39, 0.29) is 5.15 Å². The van der Waals surface area contributed by atoms with Crippen molar-refractivity contribution in [1.29, 1.82) is 0 Å². The summed E-state index contributed by atoms with van der Waals surface area (Å²) in [5, 5.41) is 0.148. The van der Waals surface area contributed by atoms with Gasteiger partial charge in [0.25, 0.3) is 0 Å². The molecule has 1 aromatic carbocycles. The van der Waals surface area contributed by atoms with Crippen molar-refractivity contribution in [3.63, 3.8) is 0 Å². The third kappa shape index (κ3) is 2.45. The van der Waals surface area contributed by atoms with Gasteiger partial charge in [-0.3, -0.25) is 0 Å². The lowest BCUT2D eigenvalue weighted by atomic mass is 10.0. The van der Waals surface area contributed by atoms with Gasteiger partial charge in [0.15, 0.2) is 11.0 Å². The maximum absolute atomic E-state index is 11.7. The van der Waals surface area contributed by atoms with Gasteiger partial charge in [-0.15, -0.1) is 0 Å². The molecule has 0 amide bonds. The number of carbonyl (C=O) groups excluding carboxylic acids is 1. The van der Waals surface area contributed by atoms with Crippen molar-refractivity contribution in [3.8, 4) is 0 Å². The van der Waals surface area contributed by atoms with E-state index < -0.39 is 5.97 Å². The van der Waals surface area contributed by atoms with Gasteiger partial charge in [0.05, 0.1) is 23.7 Å². The Bertz CT molecular complexity index is 645. The number of anilines is 1. The van der Waals surface area contributed by atoms with Crippen LogP contribution >= 0.6 is 11.6 Å². The van der Waals surface area contributed by atoms with Crippen LogP contribution in [0.5, 0.6) is 0 Å². The summed E-state index contributed by atoms with van der Waals surface area (Å²) in [5.41, 5.74) is 4.81. The van der Waals surface area contributed by atoms with E-state index in [2.05, 4.69) is 15.4 Å². The van der Waals surface area contributed by atoms with E-state index in [1.54, 1.807) is 12.1 Å². The van der Waals surface area contributed by atoms with Crippen molar-refractivity contribution < 1.29 is 9.53 Å². The highest BCUT2D eigenvalue weighted by molar-refractivity contribution is 6.32. The van der Waals surface area contributed by atoms with E-state index >= 15 is 0 Å². The number of ether oxygens (including phenoxy) is 1. The highest BCUT2D eigenvalue weighted by Crippen LogP contribution is 2.24. The molecule has 3 N–H and O–H groups in total. The molecule has 2 rings (SSSR count). The van der Waals surface area contributed by atoms with Gasteiger partial charge in [-0.1, -0.05) is 18.5 Å². The van der Waals surface area contributed by atoms with Crippen LogP contribution in [0, 0.1) is 0 Å². The summed E-state index contributed by atoms with van der Waals surface area (Å²) in [6, 6.07) is 3.41. The molecule has 0 radical (unpaired) electrons. The molecule has 0 fully saturated rings. The van der Waals surface area contributed by atoms with Crippen LogP contribution in [0.15, 0.2) is 12.1 Å². The molecule has 6 nitrogen and oxygen atoms in total. The average molecular weight is 281 g/mol.